The van der Waals surface area contributed by atoms with Gasteiger partial charge in [0, 0.05) is 34.0 Å². The Labute approximate surface area is 264 Å². The molecular formula is C26H29IN7O9P. The van der Waals surface area contributed by atoms with Crippen LogP contribution in [0.1, 0.15) is 27.0 Å². The number of nitrogen functional groups attached to an aromatic ring is 1. The Bertz CT molecular complexity index is 1750. The second-order valence-electron chi connectivity index (χ2n) is 10.5. The normalized spacial score (nSPS) is 22.9. The monoisotopic (exact) mass is 741 g/mol. The number of methoxy groups -OCH3 is 1. The van der Waals surface area contributed by atoms with Gasteiger partial charge in [-0.3, -0.25) is 9.09 Å². The van der Waals surface area contributed by atoms with E-state index in [1.54, 1.807) is 38.1 Å². The van der Waals surface area contributed by atoms with Crippen molar-refractivity contribution in [2.24, 2.45) is 10.7 Å². The standard InChI is InChI=1S/C26H29IN7O9P/c1-11(2)17(22(36)37)33-44(39)43-13-6-7-14-12(9-13)5-8-16(29-14)41-10-15-19(35)26(3,38)23(42-15)34-20-18(30-24(34)27)21(40-4)32-25(28)31-20/h5-9,11,15,17,19,23,35,38H,10H2,1-4H3,(H,36,37)(H2,28,31,32)/t15-,17?,19-,23?,26-/m1/s1. The van der Waals surface area contributed by atoms with Gasteiger partial charge in [-0.15, -0.1) is 0 Å². The van der Waals surface area contributed by atoms with E-state index in [-0.39, 0.29) is 41.6 Å². The number of aromatic nitrogens is 5. The Kier molecular flexibility index (Phi) is 9.06. The zero-order valence-electron chi connectivity index (χ0n) is 23.9. The van der Waals surface area contributed by atoms with Crippen LogP contribution in [0.3, 0.4) is 0 Å². The van der Waals surface area contributed by atoms with E-state index >= 15 is 0 Å². The lowest BCUT2D eigenvalue weighted by atomic mass is 9.96. The van der Waals surface area contributed by atoms with Crippen LogP contribution in [0, 0.1) is 9.75 Å². The van der Waals surface area contributed by atoms with Crippen molar-refractivity contribution in [2.75, 3.05) is 19.5 Å². The lowest BCUT2D eigenvalue weighted by Crippen LogP contribution is -2.45. The molecule has 3 aromatic heterocycles. The van der Waals surface area contributed by atoms with Crippen LogP contribution in [-0.2, 0) is 9.53 Å². The first kappa shape index (κ1) is 31.9. The summed E-state index contributed by atoms with van der Waals surface area (Å²) in [4.78, 5) is 40.8. The zero-order valence-corrected chi connectivity index (χ0v) is 26.9. The van der Waals surface area contributed by atoms with E-state index in [1.807, 2.05) is 22.6 Å². The van der Waals surface area contributed by atoms with Crippen molar-refractivity contribution in [3.8, 4) is 17.5 Å². The van der Waals surface area contributed by atoms with Gasteiger partial charge in [0.25, 0.3) is 0 Å². The number of benzene rings is 1. The molecule has 0 spiro atoms. The molecule has 234 valence electrons. The first-order valence-corrected chi connectivity index (χ1v) is 15.4. The van der Waals surface area contributed by atoms with E-state index in [1.165, 1.54) is 24.7 Å². The fraction of sp³-hybridized carbons (Fsp3) is 0.423. The maximum atomic E-state index is 12.3. The van der Waals surface area contributed by atoms with E-state index in [0.717, 1.165) is 0 Å². The van der Waals surface area contributed by atoms with Gasteiger partial charge in [0.05, 0.1) is 12.6 Å². The highest BCUT2D eigenvalue weighted by Gasteiger charge is 2.54. The second kappa shape index (κ2) is 12.5. The molecule has 18 heteroatoms. The third-order valence-corrected chi connectivity index (χ3v) is 8.55. The lowest BCUT2D eigenvalue weighted by molar-refractivity contribution is -0.169. The number of rotatable bonds is 10. The van der Waals surface area contributed by atoms with Gasteiger partial charge in [0.15, 0.2) is 33.0 Å². The molecule has 3 unspecified atom stereocenters. The Morgan fingerprint density at radius 1 is 1.27 bits per heavy atom. The van der Waals surface area contributed by atoms with Crippen molar-refractivity contribution in [2.45, 2.75) is 50.8 Å². The van der Waals surface area contributed by atoms with Crippen LogP contribution in [0.2, 0.25) is 0 Å². The van der Waals surface area contributed by atoms with Crippen LogP contribution in [0.25, 0.3) is 22.1 Å². The molecule has 0 amide bonds. The average Bonchev–Trinajstić information content (AvgIpc) is 3.40. The molecule has 4 heterocycles. The summed E-state index contributed by atoms with van der Waals surface area (Å²) in [5.74, 6) is -0.984. The van der Waals surface area contributed by atoms with E-state index in [4.69, 9.17) is 24.5 Å². The molecule has 4 aromatic rings. The number of halogens is 1. The van der Waals surface area contributed by atoms with Crippen LogP contribution in [0.5, 0.6) is 17.5 Å². The van der Waals surface area contributed by atoms with Crippen molar-refractivity contribution >= 4 is 64.7 Å². The molecule has 0 aliphatic carbocycles. The number of hydrogen-bond acceptors (Lipinski definition) is 14. The molecule has 0 saturated carbocycles. The number of carboxylic acids is 1. The van der Waals surface area contributed by atoms with Crippen molar-refractivity contribution < 1.29 is 43.7 Å². The molecule has 0 bridgehead atoms. The summed E-state index contributed by atoms with van der Waals surface area (Å²) in [5.41, 5.74) is 5.18. The highest BCUT2D eigenvalue weighted by atomic mass is 127. The SMILES string of the molecule is COc1nc(N)nc2c1nc(I)n2C1O[C@H](COc2ccc3cc(O[P+]([O-])=NC(C(=O)O)C(C)C)ccc3n2)[C@@H](O)[C@@]1(C)O. The number of carbonyl (C=O) groups is 1. The Morgan fingerprint density at radius 3 is 2.70 bits per heavy atom. The van der Waals surface area contributed by atoms with Crippen molar-refractivity contribution in [1.29, 1.82) is 0 Å². The number of aliphatic hydroxyl groups excluding tert-OH is 1. The zero-order chi connectivity index (χ0) is 31.9. The second-order valence-corrected chi connectivity index (χ2v) is 12.4. The fourth-order valence-electron chi connectivity index (χ4n) is 4.71. The van der Waals surface area contributed by atoms with Gasteiger partial charge >= 0.3 is 14.1 Å². The molecule has 44 heavy (non-hydrogen) atoms. The number of imidazole rings is 1. The summed E-state index contributed by atoms with van der Waals surface area (Å²) in [7, 11) is -1.19. The maximum absolute atomic E-state index is 12.3. The number of nitrogens with zero attached hydrogens (tertiary/aromatic N) is 6. The molecule has 1 fully saturated rings. The van der Waals surface area contributed by atoms with Gasteiger partial charge in [-0.05, 0) is 37.1 Å². The molecular weight excluding hydrogens is 712 g/mol. The molecule has 1 aliphatic heterocycles. The van der Waals surface area contributed by atoms with Crippen molar-refractivity contribution in [3.63, 3.8) is 0 Å². The largest absolute Gasteiger partial charge is 0.575 e. The third-order valence-electron chi connectivity index (χ3n) is 6.98. The Balaban J connectivity index is 1.30. The fourth-order valence-corrected chi connectivity index (χ4v) is 6.35. The maximum Gasteiger partial charge on any atom is 0.395 e. The number of anilines is 1. The van der Waals surface area contributed by atoms with E-state index in [9.17, 15) is 25.0 Å². The van der Waals surface area contributed by atoms with E-state index in [0.29, 0.717) is 20.3 Å². The molecule has 1 saturated heterocycles. The molecule has 1 aromatic carbocycles. The summed E-state index contributed by atoms with van der Waals surface area (Å²) in [6, 6.07) is 6.87. The van der Waals surface area contributed by atoms with Gasteiger partial charge in [-0.25, -0.2) is 14.8 Å². The van der Waals surface area contributed by atoms with Crippen LogP contribution in [-0.4, -0.2) is 83.4 Å². The number of aliphatic carboxylic acids is 1. The number of fused-ring (bicyclic) bond motifs is 2. The molecule has 6 atom stereocenters. The molecule has 16 nitrogen and oxygen atoms in total. The van der Waals surface area contributed by atoms with E-state index < -0.39 is 44.2 Å². The number of nitrogens with two attached hydrogens (primary N) is 1. The number of carboxylic acid groups (broad SMARTS) is 1. The molecule has 5 rings (SSSR count). The van der Waals surface area contributed by atoms with Crippen LogP contribution in [0.4, 0.5) is 5.95 Å². The molecule has 5 N–H and O–H groups in total. The van der Waals surface area contributed by atoms with Crippen LogP contribution >= 0.6 is 30.8 Å². The minimum Gasteiger partial charge on any atom is -0.575 e. The van der Waals surface area contributed by atoms with Crippen molar-refractivity contribution in [3.05, 3.63) is 34.2 Å². The molecule has 1 aliphatic rings. The predicted octanol–water partition coefficient (Wildman–Crippen LogP) is 2.00. The number of pyridine rings is 1. The molecule has 0 radical (unpaired) electrons. The van der Waals surface area contributed by atoms with Crippen molar-refractivity contribution in [1.82, 2.24) is 24.5 Å². The number of hydrogen-bond donors (Lipinski definition) is 4. The summed E-state index contributed by atoms with van der Waals surface area (Å²) >= 11 is 1.96. The highest BCUT2D eigenvalue weighted by molar-refractivity contribution is 14.1. The topological polar surface area (TPSA) is 233 Å². The summed E-state index contributed by atoms with van der Waals surface area (Å²) in [6.07, 6.45) is -3.42. The minimum absolute atomic E-state index is 0.0622. The summed E-state index contributed by atoms with van der Waals surface area (Å²) in [6.45, 7) is 4.61. The van der Waals surface area contributed by atoms with Gasteiger partial charge in [-0.1, -0.05) is 18.6 Å². The lowest BCUT2D eigenvalue weighted by Gasteiger charge is -2.27. The van der Waals surface area contributed by atoms with Gasteiger partial charge in [0.2, 0.25) is 17.7 Å². The Hall–Kier alpha value is -3.48. The van der Waals surface area contributed by atoms with Gasteiger partial charge < -0.3 is 40.2 Å². The summed E-state index contributed by atoms with van der Waals surface area (Å²) < 4.78 is 28.2. The highest BCUT2D eigenvalue weighted by Crippen LogP contribution is 2.41. The Morgan fingerprint density at radius 2 is 2.02 bits per heavy atom. The van der Waals surface area contributed by atoms with E-state index in [2.05, 4.69) is 24.7 Å². The van der Waals surface area contributed by atoms with Crippen LogP contribution < -0.4 is 24.6 Å². The van der Waals surface area contributed by atoms with Gasteiger partial charge in [-0.2, -0.15) is 9.97 Å². The number of ether oxygens (including phenoxy) is 3. The average molecular weight is 741 g/mol. The van der Waals surface area contributed by atoms with Gasteiger partial charge in [0.1, 0.15) is 24.4 Å². The number of aliphatic hydroxyl groups is 2. The summed E-state index contributed by atoms with van der Waals surface area (Å²) in [5, 5.41) is 32.2. The predicted molar refractivity (Wildman–Crippen MR) is 163 cm³/mol. The minimum atomic E-state index is -2.61. The quantitative estimate of drug-likeness (QED) is 0.104. The first-order chi connectivity index (χ1) is 20.8. The third kappa shape index (κ3) is 6.20. The smallest absolute Gasteiger partial charge is 0.395 e. The van der Waals surface area contributed by atoms with Crippen LogP contribution in [0.15, 0.2) is 35.1 Å². The first-order valence-electron chi connectivity index (χ1n) is 13.2.